The maximum atomic E-state index is 13.9. The van der Waals surface area contributed by atoms with Crippen LogP contribution >= 0.6 is 23.2 Å². The predicted molar refractivity (Wildman–Crippen MR) is 233 cm³/mol. The van der Waals surface area contributed by atoms with Crippen LogP contribution in [0.5, 0.6) is 0 Å². The second kappa shape index (κ2) is 18.4. The van der Waals surface area contributed by atoms with Gasteiger partial charge in [-0.05, 0) is 107 Å². The van der Waals surface area contributed by atoms with Crippen LogP contribution in [0.25, 0.3) is 11.1 Å². The lowest BCUT2D eigenvalue weighted by atomic mass is 9.76. The smallest absolute Gasteiger partial charge is 0.308 e. The molecule has 3 heterocycles. The van der Waals surface area contributed by atoms with Crippen LogP contribution in [0.15, 0.2) is 36.4 Å². The van der Waals surface area contributed by atoms with E-state index in [1.807, 2.05) is 47.5 Å². The van der Waals surface area contributed by atoms with E-state index in [0.717, 1.165) is 119 Å². The van der Waals surface area contributed by atoms with Crippen molar-refractivity contribution in [1.29, 1.82) is 0 Å². The van der Waals surface area contributed by atoms with Gasteiger partial charge in [0.15, 0.2) is 11.6 Å². The van der Waals surface area contributed by atoms with E-state index in [-0.39, 0.29) is 29.8 Å². The van der Waals surface area contributed by atoms with Crippen molar-refractivity contribution >= 4 is 52.4 Å². The number of nitrogens with one attached hydrogen (secondary N) is 2. The summed E-state index contributed by atoms with van der Waals surface area (Å²) in [5.41, 5.74) is 6.14. The Kier molecular flexibility index (Phi) is 13.0. The highest BCUT2D eigenvalue weighted by Crippen LogP contribution is 2.41. The number of aryl methyl sites for hydroxylation is 1. The number of hydrogen-bond acceptors (Lipinski definition) is 8. The van der Waals surface area contributed by atoms with Gasteiger partial charge in [0, 0.05) is 62.2 Å². The maximum Gasteiger partial charge on any atom is 0.308 e. The average Bonchev–Trinajstić information content (AvgIpc) is 3.74. The van der Waals surface area contributed by atoms with Gasteiger partial charge in [-0.1, -0.05) is 53.9 Å². The fourth-order valence-corrected chi connectivity index (χ4v) is 10.9. The summed E-state index contributed by atoms with van der Waals surface area (Å²) in [7, 11) is 5.28. The van der Waals surface area contributed by atoms with E-state index in [1.165, 1.54) is 13.5 Å². The Morgan fingerprint density at radius 1 is 0.733 bits per heavy atom. The highest BCUT2D eigenvalue weighted by molar-refractivity contribution is 6.40. The largest absolute Gasteiger partial charge is 0.469 e. The molecule has 0 radical (unpaired) electrons. The Morgan fingerprint density at radius 3 is 1.90 bits per heavy atom. The Balaban J connectivity index is 0.919. The van der Waals surface area contributed by atoms with Crippen LogP contribution in [0.4, 0.5) is 11.4 Å². The molecule has 1 unspecified atom stereocenters. The molecule has 2 aromatic carbocycles. The normalized spacial score (nSPS) is 23.5. The molecule has 14 heteroatoms. The number of esters is 1. The molecular formula is C46H57Cl2N7O5. The van der Waals surface area contributed by atoms with Gasteiger partial charge in [-0.15, -0.1) is 0 Å². The minimum Gasteiger partial charge on any atom is -0.469 e. The number of anilines is 2. The van der Waals surface area contributed by atoms with Gasteiger partial charge in [0.2, 0.25) is 0 Å². The lowest BCUT2D eigenvalue weighted by molar-refractivity contribution is -0.146. The fraction of sp³-hybridized carbons (Fsp3) is 0.543. The highest BCUT2D eigenvalue weighted by atomic mass is 35.5. The second-order valence-electron chi connectivity index (χ2n) is 17.5. The second-order valence-corrected chi connectivity index (χ2v) is 18.2. The summed E-state index contributed by atoms with van der Waals surface area (Å²) in [5, 5.41) is 16.6. The maximum absolute atomic E-state index is 13.9. The minimum absolute atomic E-state index is 0.0481. The van der Waals surface area contributed by atoms with E-state index < -0.39 is 0 Å². The lowest BCUT2D eigenvalue weighted by Gasteiger charge is -2.37. The molecule has 1 atom stereocenters. The zero-order valence-electron chi connectivity index (χ0n) is 34.9. The molecule has 60 heavy (non-hydrogen) atoms. The van der Waals surface area contributed by atoms with Crippen LogP contribution < -0.4 is 10.6 Å². The molecule has 1 aliphatic heterocycles. The molecule has 2 fully saturated rings. The molecular weight excluding hydrogens is 801 g/mol. The van der Waals surface area contributed by atoms with Gasteiger partial charge in [-0.25, -0.2) is 9.97 Å². The van der Waals surface area contributed by atoms with Crippen LogP contribution in [0, 0.1) is 17.8 Å². The van der Waals surface area contributed by atoms with E-state index in [4.69, 9.17) is 37.9 Å². The van der Waals surface area contributed by atoms with Crippen LogP contribution in [0.2, 0.25) is 10.0 Å². The molecule has 4 aromatic rings. The number of carbonyl (C=O) groups is 3. The quantitative estimate of drug-likeness (QED) is 0.142. The van der Waals surface area contributed by atoms with E-state index in [1.54, 1.807) is 12.1 Å². The number of aliphatic hydroxyl groups excluding tert-OH is 1. The van der Waals surface area contributed by atoms with Gasteiger partial charge < -0.3 is 29.6 Å². The molecule has 3 aliphatic carbocycles. The number of nitrogens with zero attached hydrogens (tertiary/aromatic N) is 5. The third-order valence-corrected chi connectivity index (χ3v) is 14.6. The number of aromatic nitrogens is 4. The number of ether oxygens (including phenoxy) is 1. The number of amides is 2. The van der Waals surface area contributed by atoms with E-state index in [9.17, 15) is 19.5 Å². The summed E-state index contributed by atoms with van der Waals surface area (Å²) < 4.78 is 8.80. The van der Waals surface area contributed by atoms with Crippen LogP contribution in [-0.2, 0) is 49.4 Å². The van der Waals surface area contributed by atoms with Crippen LogP contribution in [0.3, 0.4) is 0 Å². The monoisotopic (exact) mass is 857 g/mol. The molecule has 2 aromatic heterocycles. The number of rotatable bonds is 9. The molecule has 8 rings (SSSR count). The van der Waals surface area contributed by atoms with Crippen molar-refractivity contribution < 1.29 is 24.2 Å². The Morgan fingerprint density at radius 2 is 1.30 bits per heavy atom. The molecule has 0 bridgehead atoms. The molecule has 3 N–H and O–H groups in total. The first-order valence-electron chi connectivity index (χ1n) is 21.8. The molecule has 0 spiro atoms. The molecule has 2 saturated carbocycles. The molecule has 320 valence electrons. The minimum atomic E-state index is -0.357. The van der Waals surface area contributed by atoms with Gasteiger partial charge in [0.1, 0.15) is 0 Å². The fourth-order valence-electron chi connectivity index (χ4n) is 10.4. The van der Waals surface area contributed by atoms with Crippen molar-refractivity contribution in [1.82, 2.24) is 24.0 Å². The zero-order valence-corrected chi connectivity index (χ0v) is 36.5. The molecule has 2 amide bonds. The Hall–Kier alpha value is -4.23. The van der Waals surface area contributed by atoms with Crippen molar-refractivity contribution in [3.63, 3.8) is 0 Å². The number of fused-ring (bicyclic) bond motifs is 2. The van der Waals surface area contributed by atoms with E-state index in [2.05, 4.69) is 15.5 Å². The first-order valence-corrected chi connectivity index (χ1v) is 22.5. The first kappa shape index (κ1) is 42.5. The SMILES string of the molecule is COC(=O)C1CCC(CC2CCCc3nc(C(=O)Nc4cccc(-c5cccc(NC(=O)c6nc7c(n6C)CCN(C6CCC(O)CC6)C7)c5Cl)c4Cl)n(C)c3CC2)CC1. The summed E-state index contributed by atoms with van der Waals surface area (Å²) in [6.07, 6.45) is 14.3. The summed E-state index contributed by atoms with van der Waals surface area (Å²) in [4.78, 5) is 51.7. The number of halogens is 2. The van der Waals surface area contributed by atoms with Crippen LogP contribution in [0.1, 0.15) is 121 Å². The number of imidazole rings is 2. The van der Waals surface area contributed by atoms with Gasteiger partial charge in [0.05, 0.1) is 51.9 Å². The highest BCUT2D eigenvalue weighted by Gasteiger charge is 2.33. The average molecular weight is 859 g/mol. The van der Waals surface area contributed by atoms with Gasteiger partial charge in [0.25, 0.3) is 11.8 Å². The topological polar surface area (TPSA) is 144 Å². The number of methoxy groups -OCH3 is 1. The number of aliphatic hydroxyl groups is 1. The van der Waals surface area contributed by atoms with Crippen molar-refractivity contribution in [2.24, 2.45) is 31.8 Å². The van der Waals surface area contributed by atoms with Crippen molar-refractivity contribution in [2.45, 2.75) is 115 Å². The Labute approximate surface area is 362 Å². The van der Waals surface area contributed by atoms with Gasteiger partial charge in [-0.3, -0.25) is 19.3 Å². The van der Waals surface area contributed by atoms with Crippen molar-refractivity contribution in [2.75, 3.05) is 24.3 Å². The number of hydrogen-bond donors (Lipinski definition) is 3. The van der Waals surface area contributed by atoms with E-state index >= 15 is 0 Å². The van der Waals surface area contributed by atoms with Gasteiger partial charge in [-0.2, -0.15) is 0 Å². The van der Waals surface area contributed by atoms with Gasteiger partial charge >= 0.3 is 5.97 Å². The third-order valence-electron chi connectivity index (χ3n) is 13.8. The Bertz CT molecular complexity index is 2240. The predicted octanol–water partition coefficient (Wildman–Crippen LogP) is 8.55. The van der Waals surface area contributed by atoms with E-state index in [0.29, 0.717) is 68.6 Å². The third kappa shape index (κ3) is 8.89. The zero-order chi connectivity index (χ0) is 42.1. The summed E-state index contributed by atoms with van der Waals surface area (Å²) in [5.74, 6) is 1.21. The molecule has 0 saturated heterocycles. The van der Waals surface area contributed by atoms with Crippen molar-refractivity contribution in [3.05, 3.63) is 80.9 Å². The summed E-state index contributed by atoms with van der Waals surface area (Å²) in [6, 6.07) is 11.2. The van der Waals surface area contributed by atoms with Crippen molar-refractivity contribution in [3.8, 4) is 11.1 Å². The summed E-state index contributed by atoms with van der Waals surface area (Å²) >= 11 is 14.0. The standard InChI is InChI=1S/C46H57Cl2N7O5/c1-53-38-22-15-27(25-28-13-16-29(17-14-28)46(59)60-3)7-4-10-34(38)49-42(53)44(57)51-35-11-5-8-32(40(35)47)33-9-6-12-36(41(33)48)52-45(58)43-50-37-26-55(24-23-39(37)54(43)2)30-18-20-31(56)21-19-30/h5-6,8-9,11-12,27-31,56H,4,7,10,13-26H2,1-3H3,(H,51,57)(H,52,58). The molecule has 12 nitrogen and oxygen atoms in total. The molecule has 4 aliphatic rings. The number of benzene rings is 2. The first-order chi connectivity index (χ1) is 29.0. The van der Waals surface area contributed by atoms with Crippen LogP contribution in [-0.4, -0.2) is 72.7 Å². The summed E-state index contributed by atoms with van der Waals surface area (Å²) in [6.45, 7) is 1.59. The number of carbonyl (C=O) groups excluding carboxylic acids is 3. The lowest BCUT2D eigenvalue weighted by Crippen LogP contribution is -2.42.